The zero-order valence-electron chi connectivity index (χ0n) is 10.7. The van der Waals surface area contributed by atoms with Crippen LogP contribution in [0.15, 0.2) is 36.5 Å². The van der Waals surface area contributed by atoms with Gasteiger partial charge in [-0.2, -0.15) is 0 Å². The molecule has 98 valence electrons. The maximum Gasteiger partial charge on any atom is 0.328 e. The summed E-state index contributed by atoms with van der Waals surface area (Å²) in [5.74, 6) is -0.792. The first-order valence-corrected chi connectivity index (χ1v) is 5.85. The highest BCUT2D eigenvalue weighted by molar-refractivity contribution is 5.99. The summed E-state index contributed by atoms with van der Waals surface area (Å²) in [6.45, 7) is 1.58. The van der Waals surface area contributed by atoms with Crippen molar-refractivity contribution in [3.8, 4) is 0 Å². The van der Waals surface area contributed by atoms with Gasteiger partial charge < -0.3 is 10.1 Å². The molecule has 0 aliphatic rings. The van der Waals surface area contributed by atoms with Crippen molar-refractivity contribution in [2.45, 2.75) is 13.0 Å². The number of carbonyl (C=O) groups excluding carboxylic acids is 2. The van der Waals surface area contributed by atoms with Gasteiger partial charge in [0.05, 0.1) is 12.6 Å². The molecule has 5 nitrogen and oxygen atoms in total. The standard InChI is InChI=1S/C14H14N2O3/c1-9(14(18)19-2)16-13(17)11-5-6-12-10(8-11)4-3-7-15-12/h3-9H,1-2H3,(H,16,17). The van der Waals surface area contributed by atoms with Crippen LogP contribution in [0, 0.1) is 0 Å². The largest absolute Gasteiger partial charge is 0.467 e. The van der Waals surface area contributed by atoms with Gasteiger partial charge in [0.15, 0.2) is 0 Å². The molecule has 1 N–H and O–H groups in total. The predicted molar refractivity (Wildman–Crippen MR) is 70.7 cm³/mol. The minimum absolute atomic E-state index is 0.316. The highest BCUT2D eigenvalue weighted by atomic mass is 16.5. The van der Waals surface area contributed by atoms with Gasteiger partial charge in [-0.25, -0.2) is 4.79 Å². The number of fused-ring (bicyclic) bond motifs is 1. The fraction of sp³-hybridized carbons (Fsp3) is 0.214. The van der Waals surface area contributed by atoms with E-state index in [1.54, 1.807) is 37.4 Å². The molecule has 5 heteroatoms. The quantitative estimate of drug-likeness (QED) is 0.848. The number of amides is 1. The average molecular weight is 258 g/mol. The zero-order valence-corrected chi connectivity index (χ0v) is 10.7. The van der Waals surface area contributed by atoms with Gasteiger partial charge in [0.1, 0.15) is 6.04 Å². The number of nitrogens with one attached hydrogen (secondary N) is 1. The smallest absolute Gasteiger partial charge is 0.328 e. The molecule has 1 unspecified atom stereocenters. The van der Waals surface area contributed by atoms with Crippen molar-refractivity contribution in [1.82, 2.24) is 10.3 Å². The van der Waals surface area contributed by atoms with Crippen molar-refractivity contribution in [2.24, 2.45) is 0 Å². The summed E-state index contributed by atoms with van der Waals surface area (Å²) in [5.41, 5.74) is 1.30. The van der Waals surface area contributed by atoms with Crippen LogP contribution in [0.4, 0.5) is 0 Å². The van der Waals surface area contributed by atoms with Crippen molar-refractivity contribution in [2.75, 3.05) is 7.11 Å². The number of hydrogen-bond acceptors (Lipinski definition) is 4. The second-order valence-electron chi connectivity index (χ2n) is 4.13. The molecule has 0 bridgehead atoms. The van der Waals surface area contributed by atoms with Gasteiger partial charge >= 0.3 is 5.97 Å². The monoisotopic (exact) mass is 258 g/mol. The maximum atomic E-state index is 12.0. The van der Waals surface area contributed by atoms with Gasteiger partial charge in [0, 0.05) is 17.1 Å². The zero-order chi connectivity index (χ0) is 13.8. The Kier molecular flexibility index (Phi) is 3.75. The number of nitrogens with zero attached hydrogens (tertiary/aromatic N) is 1. The van der Waals surface area contributed by atoms with Crippen LogP contribution in [0.5, 0.6) is 0 Å². The van der Waals surface area contributed by atoms with E-state index in [1.165, 1.54) is 7.11 Å². The van der Waals surface area contributed by atoms with Crippen molar-refractivity contribution >= 4 is 22.8 Å². The van der Waals surface area contributed by atoms with Gasteiger partial charge in [-0.05, 0) is 31.2 Å². The van der Waals surface area contributed by atoms with Crippen LogP contribution >= 0.6 is 0 Å². The molecule has 0 saturated heterocycles. The summed E-state index contributed by atoms with van der Waals surface area (Å²) in [4.78, 5) is 27.4. The van der Waals surface area contributed by atoms with Gasteiger partial charge in [-0.3, -0.25) is 9.78 Å². The predicted octanol–water partition coefficient (Wildman–Crippen LogP) is 1.53. The second kappa shape index (κ2) is 5.48. The molecular weight excluding hydrogens is 244 g/mol. The Morgan fingerprint density at radius 3 is 2.84 bits per heavy atom. The molecule has 0 saturated carbocycles. The lowest BCUT2D eigenvalue weighted by Gasteiger charge is -2.11. The van der Waals surface area contributed by atoms with Crippen LogP contribution in [-0.4, -0.2) is 30.0 Å². The number of rotatable bonds is 3. The van der Waals surface area contributed by atoms with Gasteiger partial charge in [0.25, 0.3) is 5.91 Å². The minimum Gasteiger partial charge on any atom is -0.467 e. The summed E-state index contributed by atoms with van der Waals surface area (Å²) in [6, 6.07) is 8.19. The molecule has 2 aromatic rings. The molecule has 1 heterocycles. The topological polar surface area (TPSA) is 68.3 Å². The van der Waals surface area contributed by atoms with E-state index in [-0.39, 0.29) is 5.91 Å². The van der Waals surface area contributed by atoms with Crippen LogP contribution in [0.25, 0.3) is 10.9 Å². The molecule has 0 spiro atoms. The van der Waals surface area contributed by atoms with Crippen LogP contribution in [0.1, 0.15) is 17.3 Å². The van der Waals surface area contributed by atoms with E-state index < -0.39 is 12.0 Å². The number of esters is 1. The maximum absolute atomic E-state index is 12.0. The Hall–Kier alpha value is -2.43. The van der Waals surface area contributed by atoms with Gasteiger partial charge in [-0.1, -0.05) is 6.07 Å². The third-order valence-corrected chi connectivity index (χ3v) is 2.77. The third kappa shape index (κ3) is 2.88. The normalized spacial score (nSPS) is 11.9. The first-order valence-electron chi connectivity index (χ1n) is 5.85. The number of hydrogen-bond donors (Lipinski definition) is 1. The van der Waals surface area contributed by atoms with Crippen LogP contribution in [-0.2, 0) is 9.53 Å². The van der Waals surface area contributed by atoms with E-state index in [0.717, 1.165) is 10.9 Å². The number of methoxy groups -OCH3 is 1. The highest BCUT2D eigenvalue weighted by Crippen LogP contribution is 2.13. The summed E-state index contributed by atoms with van der Waals surface area (Å²) in [6.07, 6.45) is 1.70. The molecule has 19 heavy (non-hydrogen) atoms. The molecular formula is C14H14N2O3. The average Bonchev–Trinajstić information content (AvgIpc) is 2.45. The minimum atomic E-state index is -0.679. The molecule has 0 aliphatic carbocycles. The van der Waals surface area contributed by atoms with Crippen molar-refractivity contribution < 1.29 is 14.3 Å². The Morgan fingerprint density at radius 1 is 1.32 bits per heavy atom. The van der Waals surface area contributed by atoms with Crippen molar-refractivity contribution in [3.63, 3.8) is 0 Å². The van der Waals surface area contributed by atoms with E-state index >= 15 is 0 Å². The Morgan fingerprint density at radius 2 is 2.11 bits per heavy atom. The van der Waals surface area contributed by atoms with E-state index in [2.05, 4.69) is 15.0 Å². The molecule has 0 fully saturated rings. The summed E-state index contributed by atoms with van der Waals surface area (Å²) in [7, 11) is 1.28. The second-order valence-corrected chi connectivity index (χ2v) is 4.13. The third-order valence-electron chi connectivity index (χ3n) is 2.77. The van der Waals surface area contributed by atoms with E-state index in [4.69, 9.17) is 0 Å². The van der Waals surface area contributed by atoms with Crippen molar-refractivity contribution in [1.29, 1.82) is 0 Å². The van der Waals surface area contributed by atoms with E-state index in [9.17, 15) is 9.59 Å². The summed E-state index contributed by atoms with van der Waals surface area (Å²) < 4.78 is 4.56. The van der Waals surface area contributed by atoms with E-state index in [0.29, 0.717) is 5.56 Å². The Balaban J connectivity index is 2.19. The van der Waals surface area contributed by atoms with Crippen molar-refractivity contribution in [3.05, 3.63) is 42.1 Å². The molecule has 1 amide bonds. The lowest BCUT2D eigenvalue weighted by atomic mass is 10.1. The van der Waals surface area contributed by atoms with E-state index in [1.807, 2.05) is 6.07 Å². The summed E-state index contributed by atoms with van der Waals surface area (Å²) in [5, 5.41) is 3.45. The highest BCUT2D eigenvalue weighted by Gasteiger charge is 2.16. The molecule has 2 rings (SSSR count). The Bertz CT molecular complexity index is 625. The fourth-order valence-corrected chi connectivity index (χ4v) is 1.73. The number of benzene rings is 1. The first kappa shape index (κ1) is 13.0. The molecule has 1 atom stereocenters. The fourth-order valence-electron chi connectivity index (χ4n) is 1.73. The van der Waals surface area contributed by atoms with Crippen LogP contribution in [0.3, 0.4) is 0 Å². The lowest BCUT2D eigenvalue weighted by Crippen LogP contribution is -2.39. The van der Waals surface area contributed by atoms with Crippen LogP contribution < -0.4 is 5.32 Å². The summed E-state index contributed by atoms with van der Waals surface area (Å²) >= 11 is 0. The number of ether oxygens (including phenoxy) is 1. The molecule has 1 aromatic carbocycles. The van der Waals surface area contributed by atoms with Gasteiger partial charge in [-0.15, -0.1) is 0 Å². The molecule has 0 radical (unpaired) electrons. The number of pyridine rings is 1. The van der Waals surface area contributed by atoms with Crippen LogP contribution in [0.2, 0.25) is 0 Å². The molecule has 0 aliphatic heterocycles. The molecule has 1 aromatic heterocycles. The first-order chi connectivity index (χ1) is 9.11. The number of carbonyl (C=O) groups is 2. The lowest BCUT2D eigenvalue weighted by molar-refractivity contribution is -0.142. The Labute approximate surface area is 110 Å². The number of aromatic nitrogens is 1. The SMILES string of the molecule is COC(=O)C(C)NC(=O)c1ccc2ncccc2c1. The van der Waals surface area contributed by atoms with Gasteiger partial charge in [0.2, 0.25) is 0 Å².